The highest BCUT2D eigenvalue weighted by molar-refractivity contribution is 5.77. The Balaban J connectivity index is 2.76. The summed E-state index contributed by atoms with van der Waals surface area (Å²) in [6.45, 7) is 4.44. The summed E-state index contributed by atoms with van der Waals surface area (Å²) in [7, 11) is 0. The van der Waals surface area contributed by atoms with E-state index in [1.807, 2.05) is 19.1 Å². The number of aromatic nitrogens is 1. The van der Waals surface area contributed by atoms with Gasteiger partial charge in [0.25, 0.3) is 0 Å². The summed E-state index contributed by atoms with van der Waals surface area (Å²) in [6.07, 6.45) is 0. The van der Waals surface area contributed by atoms with E-state index in [2.05, 4.69) is 11.9 Å². The molecule has 0 aliphatic heterocycles. The van der Waals surface area contributed by atoms with Gasteiger partial charge < -0.3 is 10.2 Å². The lowest BCUT2D eigenvalue weighted by Crippen LogP contribution is -1.94. The first-order valence-electron chi connectivity index (χ1n) is 4.28. The fourth-order valence-corrected chi connectivity index (χ4v) is 1.35. The van der Waals surface area contributed by atoms with Crippen LogP contribution in [0.5, 0.6) is 0 Å². The topological polar surface area (TPSA) is 52.0 Å². The van der Waals surface area contributed by atoms with Gasteiger partial charge in [0.15, 0.2) is 5.58 Å². The SMILES string of the molecule is Cc1ccc2nc(CN)oc2c1C. The Hall–Kier alpha value is -1.35. The van der Waals surface area contributed by atoms with Gasteiger partial charge in [-0.1, -0.05) is 6.07 Å². The number of hydrogen-bond donors (Lipinski definition) is 1. The summed E-state index contributed by atoms with van der Waals surface area (Å²) >= 11 is 0. The summed E-state index contributed by atoms with van der Waals surface area (Å²) < 4.78 is 5.49. The van der Waals surface area contributed by atoms with Crippen LogP contribution < -0.4 is 5.73 Å². The van der Waals surface area contributed by atoms with Crippen molar-refractivity contribution in [2.24, 2.45) is 5.73 Å². The molecule has 0 bridgehead atoms. The van der Waals surface area contributed by atoms with E-state index in [0.717, 1.165) is 16.7 Å². The van der Waals surface area contributed by atoms with E-state index in [0.29, 0.717) is 12.4 Å². The Labute approximate surface area is 76.6 Å². The van der Waals surface area contributed by atoms with Gasteiger partial charge in [0, 0.05) is 0 Å². The monoisotopic (exact) mass is 176 g/mol. The number of nitrogens with zero attached hydrogens (tertiary/aromatic N) is 1. The number of oxazole rings is 1. The van der Waals surface area contributed by atoms with Gasteiger partial charge in [0.2, 0.25) is 5.89 Å². The molecule has 0 atom stereocenters. The molecule has 0 aliphatic rings. The molecule has 2 N–H and O–H groups in total. The predicted octanol–water partition coefficient (Wildman–Crippen LogP) is 1.90. The first-order chi connectivity index (χ1) is 6.22. The molecule has 0 spiro atoms. The molecule has 0 radical (unpaired) electrons. The molecule has 13 heavy (non-hydrogen) atoms. The Bertz CT molecular complexity index is 445. The molecule has 0 aliphatic carbocycles. The minimum atomic E-state index is 0.354. The zero-order valence-electron chi connectivity index (χ0n) is 7.79. The zero-order chi connectivity index (χ0) is 9.42. The number of fused-ring (bicyclic) bond motifs is 1. The molecule has 2 rings (SSSR count). The van der Waals surface area contributed by atoms with Crippen molar-refractivity contribution in [2.45, 2.75) is 20.4 Å². The fraction of sp³-hybridized carbons (Fsp3) is 0.300. The highest BCUT2D eigenvalue weighted by Gasteiger charge is 2.07. The lowest BCUT2D eigenvalue weighted by atomic mass is 10.1. The third-order valence-corrected chi connectivity index (χ3v) is 2.30. The van der Waals surface area contributed by atoms with Crippen LogP contribution in [0.15, 0.2) is 16.5 Å². The molecule has 1 aromatic heterocycles. The van der Waals surface area contributed by atoms with Crippen molar-refractivity contribution >= 4 is 11.1 Å². The van der Waals surface area contributed by atoms with Crippen molar-refractivity contribution in [2.75, 3.05) is 0 Å². The molecule has 0 amide bonds. The quantitative estimate of drug-likeness (QED) is 0.722. The van der Waals surface area contributed by atoms with Gasteiger partial charge in [-0.05, 0) is 31.0 Å². The number of nitrogens with two attached hydrogens (primary N) is 1. The second-order valence-electron chi connectivity index (χ2n) is 3.17. The third kappa shape index (κ3) is 1.21. The molecule has 0 fully saturated rings. The number of benzene rings is 1. The number of hydrogen-bond acceptors (Lipinski definition) is 3. The van der Waals surface area contributed by atoms with Crippen molar-refractivity contribution in [3.05, 3.63) is 29.2 Å². The van der Waals surface area contributed by atoms with E-state index in [9.17, 15) is 0 Å². The van der Waals surface area contributed by atoms with Crippen LogP contribution in [-0.4, -0.2) is 4.98 Å². The van der Waals surface area contributed by atoms with Crippen LogP contribution in [0.1, 0.15) is 17.0 Å². The minimum Gasteiger partial charge on any atom is -0.439 e. The van der Waals surface area contributed by atoms with Crippen molar-refractivity contribution in [1.82, 2.24) is 4.98 Å². The maximum atomic E-state index is 5.49. The first-order valence-corrected chi connectivity index (χ1v) is 4.28. The lowest BCUT2D eigenvalue weighted by Gasteiger charge is -1.97. The summed E-state index contributed by atoms with van der Waals surface area (Å²) in [5.74, 6) is 0.601. The van der Waals surface area contributed by atoms with Gasteiger partial charge in [-0.15, -0.1) is 0 Å². The predicted molar refractivity (Wildman–Crippen MR) is 51.4 cm³/mol. The van der Waals surface area contributed by atoms with Crippen molar-refractivity contribution in [3.63, 3.8) is 0 Å². The molecule has 3 heteroatoms. The van der Waals surface area contributed by atoms with Crippen LogP contribution in [0.25, 0.3) is 11.1 Å². The minimum absolute atomic E-state index is 0.354. The molecule has 0 saturated heterocycles. The molecule has 1 heterocycles. The van der Waals surface area contributed by atoms with Gasteiger partial charge in [-0.25, -0.2) is 4.98 Å². The lowest BCUT2D eigenvalue weighted by molar-refractivity contribution is 0.531. The average molecular weight is 176 g/mol. The maximum absolute atomic E-state index is 5.49. The van der Waals surface area contributed by atoms with Gasteiger partial charge >= 0.3 is 0 Å². The van der Waals surface area contributed by atoms with E-state index < -0.39 is 0 Å². The Kier molecular flexibility index (Phi) is 1.81. The van der Waals surface area contributed by atoms with Crippen LogP contribution in [0.3, 0.4) is 0 Å². The van der Waals surface area contributed by atoms with Gasteiger partial charge in [-0.3, -0.25) is 0 Å². The molecule has 1 aromatic carbocycles. The van der Waals surface area contributed by atoms with E-state index in [1.165, 1.54) is 5.56 Å². The van der Waals surface area contributed by atoms with E-state index in [-0.39, 0.29) is 0 Å². The standard InChI is InChI=1S/C10H12N2O/c1-6-3-4-8-10(7(6)2)13-9(5-11)12-8/h3-4H,5,11H2,1-2H3. The maximum Gasteiger partial charge on any atom is 0.209 e. The Morgan fingerprint density at radius 1 is 1.38 bits per heavy atom. The second kappa shape index (κ2) is 2.85. The zero-order valence-corrected chi connectivity index (χ0v) is 7.79. The third-order valence-electron chi connectivity index (χ3n) is 2.30. The van der Waals surface area contributed by atoms with Crippen molar-refractivity contribution in [3.8, 4) is 0 Å². The molecular weight excluding hydrogens is 164 g/mol. The summed E-state index contributed by atoms with van der Waals surface area (Å²) in [6, 6.07) is 4.00. The number of aryl methyl sites for hydroxylation is 2. The van der Waals surface area contributed by atoms with Crippen LogP contribution >= 0.6 is 0 Å². The smallest absolute Gasteiger partial charge is 0.209 e. The first kappa shape index (κ1) is 8.26. The average Bonchev–Trinajstić information content (AvgIpc) is 2.55. The van der Waals surface area contributed by atoms with Crippen LogP contribution in [0.4, 0.5) is 0 Å². The van der Waals surface area contributed by atoms with Crippen LogP contribution in [0, 0.1) is 13.8 Å². The number of rotatable bonds is 1. The normalized spacial score (nSPS) is 11.0. The summed E-state index contributed by atoms with van der Waals surface area (Å²) in [5, 5.41) is 0. The van der Waals surface area contributed by atoms with Crippen molar-refractivity contribution < 1.29 is 4.42 Å². The van der Waals surface area contributed by atoms with E-state index in [4.69, 9.17) is 10.2 Å². The van der Waals surface area contributed by atoms with E-state index in [1.54, 1.807) is 0 Å². The van der Waals surface area contributed by atoms with Gasteiger partial charge in [0.05, 0.1) is 6.54 Å². The molecule has 0 saturated carbocycles. The molecule has 68 valence electrons. The molecule has 2 aromatic rings. The van der Waals surface area contributed by atoms with Crippen molar-refractivity contribution in [1.29, 1.82) is 0 Å². The second-order valence-corrected chi connectivity index (χ2v) is 3.17. The molecule has 0 unspecified atom stereocenters. The Morgan fingerprint density at radius 2 is 2.15 bits per heavy atom. The molecular formula is C10H12N2O. The molecule has 3 nitrogen and oxygen atoms in total. The fourth-order valence-electron chi connectivity index (χ4n) is 1.35. The van der Waals surface area contributed by atoms with Crippen LogP contribution in [-0.2, 0) is 6.54 Å². The highest BCUT2D eigenvalue weighted by Crippen LogP contribution is 2.21. The van der Waals surface area contributed by atoms with Gasteiger partial charge in [-0.2, -0.15) is 0 Å². The Morgan fingerprint density at radius 3 is 2.85 bits per heavy atom. The summed E-state index contributed by atoms with van der Waals surface area (Å²) in [5.41, 5.74) is 9.56. The van der Waals surface area contributed by atoms with Gasteiger partial charge in [0.1, 0.15) is 5.52 Å². The van der Waals surface area contributed by atoms with E-state index >= 15 is 0 Å². The highest BCUT2D eigenvalue weighted by atomic mass is 16.3. The largest absolute Gasteiger partial charge is 0.439 e. The van der Waals surface area contributed by atoms with Crippen LogP contribution in [0.2, 0.25) is 0 Å². The summed E-state index contributed by atoms with van der Waals surface area (Å²) in [4.78, 5) is 4.24.